The molecular formula is C33H28N2. The van der Waals surface area contributed by atoms with Gasteiger partial charge in [0.2, 0.25) is 0 Å². The largest absolute Gasteiger partial charge is 0.340 e. The molecule has 1 aromatic heterocycles. The third-order valence-electron chi connectivity index (χ3n) is 6.69. The van der Waals surface area contributed by atoms with Crippen molar-refractivity contribution in [1.29, 1.82) is 0 Å². The lowest BCUT2D eigenvalue weighted by Crippen LogP contribution is -2.09. The minimum Gasteiger partial charge on any atom is -0.340 e. The maximum Gasteiger partial charge on any atom is 0.0497 e. The molecule has 0 aliphatic heterocycles. The summed E-state index contributed by atoms with van der Waals surface area (Å²) in [6.45, 7) is 3.26. The molecule has 2 nitrogen and oxygen atoms in total. The standard InChI is InChI=1S/C33H28N2/c1-2-22-34-32-19-10-9-18-30(32)31-21-20-26(24-33(31)34)25-12-11-17-29(23-25)35(27-13-5-3-6-14-27)28-15-7-4-8-16-28/h3-21,23-24H,2,22H2,1H3. The molecule has 0 saturated heterocycles. The second-order valence-corrected chi connectivity index (χ2v) is 8.96. The summed E-state index contributed by atoms with van der Waals surface area (Å²) >= 11 is 0. The molecule has 0 saturated carbocycles. The van der Waals surface area contributed by atoms with Crippen LogP contribution in [0.2, 0.25) is 0 Å². The van der Waals surface area contributed by atoms with Crippen LogP contribution in [0.3, 0.4) is 0 Å². The van der Waals surface area contributed by atoms with Gasteiger partial charge < -0.3 is 9.47 Å². The second kappa shape index (κ2) is 9.15. The molecular weight excluding hydrogens is 424 g/mol. The smallest absolute Gasteiger partial charge is 0.0497 e. The van der Waals surface area contributed by atoms with Crippen molar-refractivity contribution < 1.29 is 0 Å². The topological polar surface area (TPSA) is 8.17 Å². The minimum atomic E-state index is 1.02. The van der Waals surface area contributed by atoms with Crippen LogP contribution in [0.1, 0.15) is 13.3 Å². The van der Waals surface area contributed by atoms with Crippen molar-refractivity contribution >= 4 is 38.9 Å². The molecule has 5 aromatic carbocycles. The summed E-state index contributed by atoms with van der Waals surface area (Å²) < 4.78 is 2.47. The zero-order valence-corrected chi connectivity index (χ0v) is 19.9. The first-order chi connectivity index (χ1) is 17.3. The van der Waals surface area contributed by atoms with Gasteiger partial charge in [0.1, 0.15) is 0 Å². The maximum atomic E-state index is 2.47. The number of hydrogen-bond donors (Lipinski definition) is 0. The molecule has 0 aliphatic rings. The van der Waals surface area contributed by atoms with E-state index in [4.69, 9.17) is 0 Å². The van der Waals surface area contributed by atoms with E-state index in [9.17, 15) is 0 Å². The highest BCUT2D eigenvalue weighted by Gasteiger charge is 2.14. The van der Waals surface area contributed by atoms with E-state index in [2.05, 4.69) is 144 Å². The van der Waals surface area contributed by atoms with Crippen LogP contribution in [0, 0.1) is 0 Å². The highest BCUT2D eigenvalue weighted by atomic mass is 15.1. The highest BCUT2D eigenvalue weighted by Crippen LogP contribution is 2.37. The predicted octanol–water partition coefficient (Wildman–Crippen LogP) is 9.34. The number of aryl methyl sites for hydroxylation is 1. The fraction of sp³-hybridized carbons (Fsp3) is 0.0909. The van der Waals surface area contributed by atoms with Gasteiger partial charge in [-0.3, -0.25) is 0 Å². The van der Waals surface area contributed by atoms with Gasteiger partial charge in [0.15, 0.2) is 0 Å². The fourth-order valence-electron chi connectivity index (χ4n) is 5.12. The van der Waals surface area contributed by atoms with Gasteiger partial charge in [0.05, 0.1) is 0 Å². The van der Waals surface area contributed by atoms with Gasteiger partial charge in [-0.25, -0.2) is 0 Å². The summed E-state index contributed by atoms with van der Waals surface area (Å²) in [6, 6.07) is 45.7. The molecule has 35 heavy (non-hydrogen) atoms. The third-order valence-corrected chi connectivity index (χ3v) is 6.69. The Bertz CT molecular complexity index is 1560. The molecule has 1 heterocycles. The maximum absolute atomic E-state index is 2.47. The molecule has 6 aromatic rings. The van der Waals surface area contributed by atoms with Crippen LogP contribution in [0.15, 0.2) is 127 Å². The number of fused-ring (bicyclic) bond motifs is 3. The minimum absolute atomic E-state index is 1.02. The van der Waals surface area contributed by atoms with E-state index in [0.29, 0.717) is 0 Å². The van der Waals surface area contributed by atoms with Gasteiger partial charge in [-0.15, -0.1) is 0 Å². The monoisotopic (exact) mass is 452 g/mol. The molecule has 0 atom stereocenters. The number of anilines is 3. The van der Waals surface area contributed by atoms with Gasteiger partial charge in [0, 0.05) is 45.4 Å². The van der Waals surface area contributed by atoms with E-state index in [0.717, 1.165) is 30.0 Å². The summed E-state index contributed by atoms with van der Waals surface area (Å²) in [5.41, 5.74) is 8.52. The van der Waals surface area contributed by atoms with Crippen molar-refractivity contribution in [3.05, 3.63) is 127 Å². The first-order valence-corrected chi connectivity index (χ1v) is 12.3. The van der Waals surface area contributed by atoms with E-state index in [1.54, 1.807) is 0 Å². The van der Waals surface area contributed by atoms with E-state index in [1.165, 1.54) is 32.9 Å². The number of aromatic nitrogens is 1. The van der Waals surface area contributed by atoms with Crippen LogP contribution in [0.25, 0.3) is 32.9 Å². The molecule has 2 heteroatoms. The zero-order valence-electron chi connectivity index (χ0n) is 19.9. The SMILES string of the molecule is CCCn1c2ccccc2c2ccc(-c3cccc(N(c4ccccc4)c4ccccc4)c3)cc21. The quantitative estimate of drug-likeness (QED) is 0.244. The van der Waals surface area contributed by atoms with Gasteiger partial charge in [-0.1, -0.05) is 85.8 Å². The van der Waals surface area contributed by atoms with Gasteiger partial charge in [0.25, 0.3) is 0 Å². The lowest BCUT2D eigenvalue weighted by atomic mass is 10.0. The average Bonchev–Trinajstić information content (AvgIpc) is 3.23. The highest BCUT2D eigenvalue weighted by molar-refractivity contribution is 6.09. The number of hydrogen-bond acceptors (Lipinski definition) is 1. The molecule has 0 bridgehead atoms. The summed E-state index contributed by atoms with van der Waals surface area (Å²) in [5.74, 6) is 0. The predicted molar refractivity (Wildman–Crippen MR) is 150 cm³/mol. The van der Waals surface area contributed by atoms with Crippen molar-refractivity contribution in [1.82, 2.24) is 4.57 Å². The van der Waals surface area contributed by atoms with Crippen molar-refractivity contribution in [2.45, 2.75) is 19.9 Å². The van der Waals surface area contributed by atoms with Crippen molar-refractivity contribution in [3.63, 3.8) is 0 Å². The summed E-state index contributed by atoms with van der Waals surface area (Å²) in [6.07, 6.45) is 1.11. The number of nitrogens with zero attached hydrogens (tertiary/aromatic N) is 2. The Labute approximate surface area is 206 Å². The first kappa shape index (κ1) is 21.2. The third kappa shape index (κ3) is 3.87. The van der Waals surface area contributed by atoms with Crippen LogP contribution in [-0.4, -0.2) is 4.57 Å². The number of rotatable bonds is 6. The Balaban J connectivity index is 1.49. The normalized spacial score (nSPS) is 11.2. The van der Waals surface area contributed by atoms with Crippen molar-refractivity contribution in [3.8, 4) is 11.1 Å². The Morgan fingerprint density at radius 1 is 0.514 bits per heavy atom. The molecule has 0 fully saturated rings. The van der Waals surface area contributed by atoms with Crippen LogP contribution >= 0.6 is 0 Å². The molecule has 170 valence electrons. The van der Waals surface area contributed by atoms with Gasteiger partial charge in [-0.05, 0) is 66.1 Å². The molecule has 0 N–H and O–H groups in total. The van der Waals surface area contributed by atoms with Crippen LogP contribution in [-0.2, 0) is 6.54 Å². The molecule has 0 amide bonds. The Kier molecular flexibility index (Phi) is 5.56. The number of para-hydroxylation sites is 3. The van der Waals surface area contributed by atoms with E-state index < -0.39 is 0 Å². The molecule has 0 unspecified atom stereocenters. The van der Waals surface area contributed by atoms with Crippen molar-refractivity contribution in [2.24, 2.45) is 0 Å². The van der Waals surface area contributed by atoms with E-state index in [1.807, 2.05) is 0 Å². The van der Waals surface area contributed by atoms with Gasteiger partial charge in [-0.2, -0.15) is 0 Å². The van der Waals surface area contributed by atoms with Crippen molar-refractivity contribution in [2.75, 3.05) is 4.90 Å². The molecule has 0 radical (unpaired) electrons. The Hall–Kier alpha value is -4.30. The van der Waals surface area contributed by atoms with E-state index in [-0.39, 0.29) is 0 Å². The second-order valence-electron chi connectivity index (χ2n) is 8.96. The first-order valence-electron chi connectivity index (χ1n) is 12.3. The molecule has 6 rings (SSSR count). The fourth-order valence-corrected chi connectivity index (χ4v) is 5.12. The lowest BCUT2D eigenvalue weighted by molar-refractivity contribution is 0.724. The van der Waals surface area contributed by atoms with Crippen LogP contribution in [0.5, 0.6) is 0 Å². The number of benzene rings is 5. The lowest BCUT2D eigenvalue weighted by Gasteiger charge is -2.26. The zero-order chi connectivity index (χ0) is 23.6. The Morgan fingerprint density at radius 2 is 1.11 bits per heavy atom. The summed E-state index contributed by atoms with van der Waals surface area (Å²) in [5, 5.41) is 2.65. The summed E-state index contributed by atoms with van der Waals surface area (Å²) in [7, 11) is 0. The van der Waals surface area contributed by atoms with Gasteiger partial charge >= 0.3 is 0 Å². The molecule has 0 spiro atoms. The average molecular weight is 453 g/mol. The molecule has 0 aliphatic carbocycles. The van der Waals surface area contributed by atoms with Crippen LogP contribution in [0.4, 0.5) is 17.1 Å². The van der Waals surface area contributed by atoms with Crippen LogP contribution < -0.4 is 4.90 Å². The summed E-state index contributed by atoms with van der Waals surface area (Å²) in [4.78, 5) is 2.32. The Morgan fingerprint density at radius 3 is 1.83 bits per heavy atom. The van der Waals surface area contributed by atoms with E-state index >= 15 is 0 Å².